The summed E-state index contributed by atoms with van der Waals surface area (Å²) in [6, 6.07) is 16.1. The Bertz CT molecular complexity index is 1560. The first-order valence-electron chi connectivity index (χ1n) is 13.7. The average molecular weight is 554 g/mol. The molecule has 0 saturated carbocycles. The predicted molar refractivity (Wildman–Crippen MR) is 164 cm³/mol. The molecule has 2 aromatic carbocycles. The number of aromatic amines is 1. The van der Waals surface area contributed by atoms with E-state index in [2.05, 4.69) is 51.9 Å². The van der Waals surface area contributed by atoms with Gasteiger partial charge in [-0.15, -0.1) is 11.3 Å². The van der Waals surface area contributed by atoms with Gasteiger partial charge in [0.1, 0.15) is 5.01 Å². The van der Waals surface area contributed by atoms with Gasteiger partial charge in [-0.3, -0.25) is 9.59 Å². The number of carbonyl (C=O) groups excluding carboxylic acids is 2. The molecular formula is C32H35N5O2S. The number of hydrogen-bond acceptors (Lipinski definition) is 5. The van der Waals surface area contributed by atoms with Crippen molar-refractivity contribution in [2.75, 3.05) is 31.5 Å². The van der Waals surface area contributed by atoms with Gasteiger partial charge in [-0.05, 0) is 56.3 Å². The SMILES string of the molecule is CCN(CC)CCNC(=O)Cc1c(C)[nH]c(/C=C2\C(=O)Nc3ccc(-c4csc(-c5ccccc5)n4)cc32)c1C. The Morgan fingerprint density at radius 1 is 1.07 bits per heavy atom. The Labute approximate surface area is 239 Å². The number of anilines is 1. The van der Waals surface area contributed by atoms with E-state index in [1.54, 1.807) is 11.3 Å². The van der Waals surface area contributed by atoms with Crippen LogP contribution in [0.25, 0.3) is 33.5 Å². The van der Waals surface area contributed by atoms with Gasteiger partial charge in [-0.25, -0.2) is 4.98 Å². The Morgan fingerprint density at radius 2 is 1.85 bits per heavy atom. The molecule has 2 aromatic heterocycles. The third-order valence-corrected chi connectivity index (χ3v) is 8.42. The summed E-state index contributed by atoms with van der Waals surface area (Å²) in [4.78, 5) is 36.2. The summed E-state index contributed by atoms with van der Waals surface area (Å²) >= 11 is 1.61. The Balaban J connectivity index is 1.36. The fourth-order valence-electron chi connectivity index (χ4n) is 5.10. The number of aryl methyl sites for hydroxylation is 1. The molecule has 1 aliphatic rings. The van der Waals surface area contributed by atoms with Crippen LogP contribution in [0.3, 0.4) is 0 Å². The van der Waals surface area contributed by atoms with Crippen LogP contribution >= 0.6 is 11.3 Å². The maximum atomic E-state index is 13.0. The smallest absolute Gasteiger partial charge is 0.256 e. The molecule has 0 fully saturated rings. The molecule has 5 rings (SSSR count). The lowest BCUT2D eigenvalue weighted by molar-refractivity contribution is -0.120. The van der Waals surface area contributed by atoms with Crippen molar-refractivity contribution in [3.05, 3.63) is 82.0 Å². The molecule has 0 bridgehead atoms. The minimum absolute atomic E-state index is 0.00305. The van der Waals surface area contributed by atoms with Crippen molar-refractivity contribution in [1.29, 1.82) is 0 Å². The molecule has 3 heterocycles. The fraction of sp³-hybridized carbons (Fsp3) is 0.281. The topological polar surface area (TPSA) is 90.1 Å². The van der Waals surface area contributed by atoms with Gasteiger partial charge in [0.25, 0.3) is 5.91 Å². The molecule has 0 radical (unpaired) electrons. The number of benzene rings is 2. The lowest BCUT2D eigenvalue weighted by atomic mass is 10.0. The third kappa shape index (κ3) is 5.78. The van der Waals surface area contributed by atoms with Crippen LogP contribution in [0, 0.1) is 13.8 Å². The second-order valence-corrected chi connectivity index (χ2v) is 10.9. The standard InChI is InChI=1S/C32H35N5O2S/c1-5-37(6-2)15-14-33-30(38)18-24-20(3)28(34-21(24)4)17-26-25-16-23(12-13-27(25)35-31(26)39)29-19-40-32(36-29)22-10-8-7-9-11-22/h7-13,16-17,19,34H,5-6,14-15,18H2,1-4H3,(H,33,38)(H,35,39)/b26-17-. The third-order valence-electron chi connectivity index (χ3n) is 7.53. The van der Waals surface area contributed by atoms with E-state index in [0.29, 0.717) is 18.5 Å². The molecule has 0 unspecified atom stereocenters. The van der Waals surface area contributed by atoms with E-state index in [0.717, 1.165) is 75.2 Å². The number of aromatic nitrogens is 2. The summed E-state index contributed by atoms with van der Waals surface area (Å²) in [7, 11) is 0. The highest BCUT2D eigenvalue weighted by Gasteiger charge is 2.26. The van der Waals surface area contributed by atoms with Gasteiger partial charge in [0, 0.05) is 52.2 Å². The van der Waals surface area contributed by atoms with Crippen molar-refractivity contribution in [2.24, 2.45) is 0 Å². The first-order valence-corrected chi connectivity index (χ1v) is 14.6. The van der Waals surface area contributed by atoms with Crippen molar-refractivity contribution in [1.82, 2.24) is 20.2 Å². The Hall–Kier alpha value is -4.01. The zero-order chi connectivity index (χ0) is 28.2. The summed E-state index contributed by atoms with van der Waals surface area (Å²) in [6.45, 7) is 11.6. The number of nitrogens with one attached hydrogen (secondary N) is 3. The van der Waals surface area contributed by atoms with Crippen LogP contribution in [0.2, 0.25) is 0 Å². The maximum absolute atomic E-state index is 13.0. The number of carbonyl (C=O) groups is 2. The summed E-state index contributed by atoms with van der Waals surface area (Å²) in [6.07, 6.45) is 2.20. The molecule has 40 heavy (non-hydrogen) atoms. The van der Waals surface area contributed by atoms with Crippen LogP contribution in [0.1, 0.15) is 41.9 Å². The molecule has 1 aliphatic heterocycles. The summed E-state index contributed by atoms with van der Waals surface area (Å²) in [5.41, 5.74) is 8.87. The quantitative estimate of drug-likeness (QED) is 0.213. The summed E-state index contributed by atoms with van der Waals surface area (Å²) < 4.78 is 0. The molecule has 0 spiro atoms. The van der Waals surface area contributed by atoms with Gasteiger partial charge in [-0.1, -0.05) is 50.2 Å². The summed E-state index contributed by atoms with van der Waals surface area (Å²) in [5.74, 6) is -0.138. The molecule has 7 nitrogen and oxygen atoms in total. The number of hydrogen-bond donors (Lipinski definition) is 3. The molecule has 8 heteroatoms. The predicted octanol–water partition coefficient (Wildman–Crippen LogP) is 5.92. The number of amides is 2. The van der Waals surface area contributed by atoms with Gasteiger partial charge in [0.05, 0.1) is 17.7 Å². The van der Waals surface area contributed by atoms with E-state index in [9.17, 15) is 9.59 Å². The van der Waals surface area contributed by atoms with Crippen molar-refractivity contribution in [3.63, 3.8) is 0 Å². The van der Waals surface area contributed by atoms with Gasteiger partial charge < -0.3 is 20.5 Å². The van der Waals surface area contributed by atoms with Gasteiger partial charge >= 0.3 is 0 Å². The van der Waals surface area contributed by atoms with E-state index in [1.165, 1.54) is 0 Å². The van der Waals surface area contributed by atoms with Crippen LogP contribution in [-0.2, 0) is 16.0 Å². The highest BCUT2D eigenvalue weighted by Crippen LogP contribution is 2.38. The largest absolute Gasteiger partial charge is 0.359 e. The van der Waals surface area contributed by atoms with Crippen LogP contribution in [0.5, 0.6) is 0 Å². The minimum atomic E-state index is -0.141. The van der Waals surface area contributed by atoms with E-state index < -0.39 is 0 Å². The van der Waals surface area contributed by atoms with Gasteiger partial charge in [0.15, 0.2) is 0 Å². The highest BCUT2D eigenvalue weighted by atomic mass is 32.1. The number of fused-ring (bicyclic) bond motifs is 1. The number of rotatable bonds is 10. The molecular weight excluding hydrogens is 518 g/mol. The number of likely N-dealkylation sites (N-methyl/N-ethyl adjacent to an activating group) is 1. The average Bonchev–Trinajstić information content (AvgIpc) is 3.65. The number of nitrogens with zero attached hydrogens (tertiary/aromatic N) is 2. The van der Waals surface area contributed by atoms with Crippen LogP contribution < -0.4 is 10.6 Å². The van der Waals surface area contributed by atoms with Crippen molar-refractivity contribution < 1.29 is 9.59 Å². The maximum Gasteiger partial charge on any atom is 0.256 e. The monoisotopic (exact) mass is 553 g/mol. The molecule has 206 valence electrons. The first-order chi connectivity index (χ1) is 19.4. The van der Waals surface area contributed by atoms with Crippen molar-refractivity contribution in [2.45, 2.75) is 34.1 Å². The van der Waals surface area contributed by atoms with E-state index in [4.69, 9.17) is 4.98 Å². The molecule has 3 N–H and O–H groups in total. The molecule has 2 amide bonds. The normalized spacial score (nSPS) is 13.6. The minimum Gasteiger partial charge on any atom is -0.359 e. The fourth-order valence-corrected chi connectivity index (χ4v) is 5.93. The van der Waals surface area contributed by atoms with Crippen molar-refractivity contribution >= 4 is 40.5 Å². The Kier molecular flexibility index (Phi) is 8.28. The zero-order valence-electron chi connectivity index (χ0n) is 23.4. The zero-order valence-corrected chi connectivity index (χ0v) is 24.2. The van der Waals surface area contributed by atoms with Crippen LogP contribution in [-0.4, -0.2) is 52.9 Å². The lowest BCUT2D eigenvalue weighted by Crippen LogP contribution is -2.35. The molecule has 4 aromatic rings. The number of thiazole rings is 1. The van der Waals surface area contributed by atoms with Crippen molar-refractivity contribution in [3.8, 4) is 21.8 Å². The second kappa shape index (κ2) is 12.0. The Morgan fingerprint density at radius 3 is 2.60 bits per heavy atom. The van der Waals surface area contributed by atoms with Crippen LogP contribution in [0.4, 0.5) is 5.69 Å². The first kappa shape index (κ1) is 27.6. The molecule has 0 aliphatic carbocycles. The van der Waals surface area contributed by atoms with Gasteiger partial charge in [-0.2, -0.15) is 0 Å². The molecule has 0 atom stereocenters. The van der Waals surface area contributed by atoms with Gasteiger partial charge in [0.2, 0.25) is 5.91 Å². The van der Waals surface area contributed by atoms with E-state index in [1.807, 2.05) is 56.3 Å². The number of H-pyrrole nitrogens is 1. The second-order valence-electron chi connectivity index (χ2n) is 10.00. The van der Waals surface area contributed by atoms with Crippen LogP contribution in [0.15, 0.2) is 53.9 Å². The lowest BCUT2D eigenvalue weighted by Gasteiger charge is -2.18. The van der Waals surface area contributed by atoms with E-state index >= 15 is 0 Å². The molecule has 0 saturated heterocycles. The summed E-state index contributed by atoms with van der Waals surface area (Å²) in [5, 5.41) is 9.04. The van der Waals surface area contributed by atoms with E-state index in [-0.39, 0.29) is 11.8 Å². The highest BCUT2D eigenvalue weighted by molar-refractivity contribution is 7.13.